The SMILES string of the molecule is C[C@@H]1C[C@]23CCC4[C@](C)(CCC[C@]4(C)C(=O)O)C2CC[C@@]1(OC(=O)CCCCCCC(=O)O[C@]12CCC4[C@](CCC5[C@@]4(C)CCC[C@@]5(C)C(=O)O)(C[C@@H]1C)C2)C3. The number of carbonyl (C=O) groups excluding carboxylic acids is 2. The number of rotatable bonds is 11. The van der Waals surface area contributed by atoms with E-state index in [1.807, 2.05) is 13.8 Å². The molecule has 0 aromatic carbocycles. The Labute approximate surface area is 336 Å². The van der Waals surface area contributed by atoms with E-state index in [1.165, 1.54) is 0 Å². The van der Waals surface area contributed by atoms with Gasteiger partial charge >= 0.3 is 23.9 Å². The molecule has 2 spiro atoms. The minimum atomic E-state index is -0.638. The minimum Gasteiger partial charge on any atom is -0.481 e. The third kappa shape index (κ3) is 5.90. The molecule has 8 aliphatic carbocycles. The molecule has 8 fully saturated rings. The molecule has 0 aromatic rings. The van der Waals surface area contributed by atoms with Gasteiger partial charge in [-0.25, -0.2) is 0 Å². The van der Waals surface area contributed by atoms with Crippen molar-refractivity contribution >= 4 is 23.9 Å². The zero-order valence-corrected chi connectivity index (χ0v) is 35.8. The lowest BCUT2D eigenvalue weighted by atomic mass is 9.41. The summed E-state index contributed by atoms with van der Waals surface area (Å²) in [4.78, 5) is 51.8. The van der Waals surface area contributed by atoms with E-state index in [2.05, 4.69) is 27.7 Å². The summed E-state index contributed by atoms with van der Waals surface area (Å²) in [5.41, 5.74) is -1.66. The van der Waals surface area contributed by atoms with Crippen LogP contribution in [0.2, 0.25) is 0 Å². The van der Waals surface area contributed by atoms with E-state index in [1.54, 1.807) is 0 Å². The van der Waals surface area contributed by atoms with Crippen LogP contribution in [0.4, 0.5) is 0 Å². The summed E-state index contributed by atoms with van der Waals surface area (Å²) >= 11 is 0. The molecular weight excluding hydrogens is 705 g/mol. The first-order valence-electron chi connectivity index (χ1n) is 23.2. The Morgan fingerprint density at radius 1 is 0.518 bits per heavy atom. The lowest BCUT2D eigenvalue weighted by molar-refractivity contribution is -0.194. The van der Waals surface area contributed by atoms with Gasteiger partial charge in [0.05, 0.1) is 10.8 Å². The highest BCUT2D eigenvalue weighted by atomic mass is 16.6. The van der Waals surface area contributed by atoms with Gasteiger partial charge in [0.25, 0.3) is 0 Å². The molecule has 2 N–H and O–H groups in total. The highest BCUT2D eigenvalue weighted by Crippen LogP contribution is 2.75. The molecule has 56 heavy (non-hydrogen) atoms. The molecule has 8 heteroatoms. The van der Waals surface area contributed by atoms with Gasteiger partial charge in [-0.15, -0.1) is 0 Å². The third-order valence-corrected chi connectivity index (χ3v) is 20.2. The average Bonchev–Trinajstić information content (AvgIpc) is 3.44. The third-order valence-electron chi connectivity index (χ3n) is 20.2. The number of fused-ring (bicyclic) bond motifs is 6. The fraction of sp³-hybridized carbons (Fsp3) is 0.917. The quantitative estimate of drug-likeness (QED) is 0.157. The Morgan fingerprint density at radius 3 is 1.27 bits per heavy atom. The summed E-state index contributed by atoms with van der Waals surface area (Å²) in [6.45, 7) is 13.4. The van der Waals surface area contributed by atoms with E-state index in [0.717, 1.165) is 141 Å². The van der Waals surface area contributed by atoms with Crippen LogP contribution in [0.5, 0.6) is 0 Å². The van der Waals surface area contributed by atoms with Crippen LogP contribution in [0.25, 0.3) is 0 Å². The minimum absolute atomic E-state index is 0.0352. The Kier molecular flexibility index (Phi) is 9.95. The van der Waals surface area contributed by atoms with Gasteiger partial charge in [0.1, 0.15) is 11.2 Å². The van der Waals surface area contributed by atoms with E-state index in [0.29, 0.717) is 36.5 Å². The molecule has 0 aliphatic heterocycles. The molecule has 8 nitrogen and oxygen atoms in total. The van der Waals surface area contributed by atoms with Crippen LogP contribution in [0.15, 0.2) is 0 Å². The van der Waals surface area contributed by atoms with Crippen LogP contribution in [-0.2, 0) is 28.7 Å². The van der Waals surface area contributed by atoms with E-state index in [9.17, 15) is 29.4 Å². The predicted molar refractivity (Wildman–Crippen MR) is 213 cm³/mol. The first kappa shape index (κ1) is 40.7. The summed E-state index contributed by atoms with van der Waals surface area (Å²) in [5, 5.41) is 20.6. The van der Waals surface area contributed by atoms with Gasteiger partial charge in [0, 0.05) is 12.8 Å². The summed E-state index contributed by atoms with van der Waals surface area (Å²) in [5.74, 6) is 0.675. The number of unbranched alkanes of at least 4 members (excludes halogenated alkanes) is 3. The smallest absolute Gasteiger partial charge is 0.309 e. The van der Waals surface area contributed by atoms with Gasteiger partial charge in [0.2, 0.25) is 0 Å². The topological polar surface area (TPSA) is 127 Å². The van der Waals surface area contributed by atoms with Crippen molar-refractivity contribution in [3.8, 4) is 0 Å². The van der Waals surface area contributed by atoms with E-state index >= 15 is 0 Å². The van der Waals surface area contributed by atoms with Gasteiger partial charge in [-0.1, -0.05) is 53.4 Å². The zero-order chi connectivity index (χ0) is 40.2. The molecule has 0 radical (unpaired) electrons. The zero-order valence-electron chi connectivity index (χ0n) is 35.8. The second-order valence-electron chi connectivity index (χ2n) is 22.8. The van der Waals surface area contributed by atoms with Crippen LogP contribution in [-0.4, -0.2) is 45.3 Å². The van der Waals surface area contributed by atoms with Crippen molar-refractivity contribution < 1.29 is 38.9 Å². The molecule has 0 saturated heterocycles. The second kappa shape index (κ2) is 13.7. The lowest BCUT2D eigenvalue weighted by Gasteiger charge is -2.63. The summed E-state index contributed by atoms with van der Waals surface area (Å²) < 4.78 is 13.0. The molecule has 14 atom stereocenters. The average molecular weight is 779 g/mol. The maximum absolute atomic E-state index is 13.4. The molecule has 8 rings (SSSR count). The van der Waals surface area contributed by atoms with Crippen LogP contribution in [0, 0.1) is 68.0 Å². The fourth-order valence-corrected chi connectivity index (χ4v) is 17.8. The predicted octanol–water partition coefficient (Wildman–Crippen LogP) is 10.9. The number of carbonyl (C=O) groups is 4. The highest BCUT2D eigenvalue weighted by Gasteiger charge is 2.71. The number of carboxylic acids is 2. The maximum atomic E-state index is 13.4. The van der Waals surface area contributed by atoms with Crippen molar-refractivity contribution in [3.63, 3.8) is 0 Å². The van der Waals surface area contributed by atoms with Crippen LogP contribution in [0.1, 0.15) is 196 Å². The van der Waals surface area contributed by atoms with Gasteiger partial charge in [-0.2, -0.15) is 0 Å². The Bertz CT molecular complexity index is 1490. The van der Waals surface area contributed by atoms with Crippen LogP contribution < -0.4 is 0 Å². The number of hydrogen-bond acceptors (Lipinski definition) is 6. The molecule has 0 amide bonds. The number of esters is 2. The number of carboxylic acid groups (broad SMARTS) is 2. The van der Waals surface area contributed by atoms with Crippen molar-refractivity contribution in [2.24, 2.45) is 68.0 Å². The number of aliphatic carboxylic acids is 2. The molecule has 0 aromatic heterocycles. The summed E-state index contributed by atoms with van der Waals surface area (Å²) in [7, 11) is 0. The second-order valence-corrected chi connectivity index (χ2v) is 22.8. The van der Waals surface area contributed by atoms with Gasteiger partial charge in [0.15, 0.2) is 0 Å². The largest absolute Gasteiger partial charge is 0.481 e. The van der Waals surface area contributed by atoms with Crippen molar-refractivity contribution in [3.05, 3.63) is 0 Å². The van der Waals surface area contributed by atoms with Crippen molar-refractivity contribution in [1.29, 1.82) is 0 Å². The Hall–Kier alpha value is -2.12. The normalized spacial score (nSPS) is 50.1. The highest BCUT2D eigenvalue weighted by molar-refractivity contribution is 5.75. The molecule has 4 unspecified atom stereocenters. The van der Waals surface area contributed by atoms with Gasteiger partial charge < -0.3 is 19.7 Å². The van der Waals surface area contributed by atoms with E-state index in [-0.39, 0.29) is 56.6 Å². The lowest BCUT2D eigenvalue weighted by Crippen LogP contribution is -2.59. The van der Waals surface area contributed by atoms with E-state index < -0.39 is 22.8 Å². The molecule has 8 saturated carbocycles. The van der Waals surface area contributed by atoms with Crippen molar-refractivity contribution in [2.75, 3.05) is 0 Å². The Balaban J connectivity index is 0.790. The monoisotopic (exact) mass is 779 g/mol. The van der Waals surface area contributed by atoms with Gasteiger partial charge in [-0.05, 0) is 187 Å². The summed E-state index contributed by atoms with van der Waals surface area (Å²) in [6, 6.07) is 0. The van der Waals surface area contributed by atoms with Crippen LogP contribution >= 0.6 is 0 Å². The maximum Gasteiger partial charge on any atom is 0.309 e. The molecule has 8 aliphatic rings. The van der Waals surface area contributed by atoms with Crippen molar-refractivity contribution in [1.82, 2.24) is 0 Å². The first-order chi connectivity index (χ1) is 26.3. The number of ether oxygens (including phenoxy) is 2. The fourth-order valence-electron chi connectivity index (χ4n) is 17.8. The first-order valence-corrected chi connectivity index (χ1v) is 23.2. The molecule has 0 heterocycles. The van der Waals surface area contributed by atoms with Crippen LogP contribution in [0.3, 0.4) is 0 Å². The molecular formula is C48H74O8. The molecule has 314 valence electrons. The molecule has 4 bridgehead atoms. The standard InChI is InChI=1S/C48H74O8/c1-31-27-45-23-15-33-41(3,19-11-21-43(33,5)39(51)52)35(45)17-25-47(31,29-45)55-37(49)13-9-7-8-10-14-38(50)56-48-26-18-36-42(4)20-12-22-44(6,40(53)54)34(42)16-24-46(36,30-48)28-32(48)2/h31-36H,7-30H2,1-6H3,(H,51,52)(H,53,54)/t31-,32+,33?,34?,35?,36?,41+,42-,43+,44-,45+,46-,47-,48+. The van der Waals surface area contributed by atoms with Gasteiger partial charge in [-0.3, -0.25) is 19.2 Å². The number of hydrogen-bond donors (Lipinski definition) is 2. The van der Waals surface area contributed by atoms with Crippen molar-refractivity contribution in [2.45, 2.75) is 207 Å². The Morgan fingerprint density at radius 2 is 0.893 bits per heavy atom. The summed E-state index contributed by atoms with van der Waals surface area (Å²) in [6.07, 6.45) is 21.9. The van der Waals surface area contributed by atoms with E-state index in [4.69, 9.17) is 9.47 Å².